The predicted molar refractivity (Wildman–Crippen MR) is 191 cm³/mol. The highest BCUT2D eigenvalue weighted by atomic mass is 16.6. The maximum atomic E-state index is 13.9. The van der Waals surface area contributed by atoms with E-state index in [1.54, 1.807) is 12.0 Å². The molecule has 1 N–H and O–H groups in total. The van der Waals surface area contributed by atoms with Crippen molar-refractivity contribution < 1.29 is 19.1 Å². The summed E-state index contributed by atoms with van der Waals surface area (Å²) in [5, 5.41) is 3.35. The quantitative estimate of drug-likeness (QED) is 0.251. The third-order valence-corrected chi connectivity index (χ3v) is 13.9. The maximum Gasteiger partial charge on any atom is 0.410 e. The van der Waals surface area contributed by atoms with Crippen molar-refractivity contribution in [2.45, 2.75) is 88.5 Å². The van der Waals surface area contributed by atoms with Gasteiger partial charge in [-0.25, -0.2) is 4.79 Å². The summed E-state index contributed by atoms with van der Waals surface area (Å²) in [7, 11) is 1.76. The van der Waals surface area contributed by atoms with Crippen LogP contribution in [0.3, 0.4) is 0 Å². The normalized spacial score (nSPS) is 30.8. The summed E-state index contributed by atoms with van der Waals surface area (Å²) in [6.45, 7) is 3.95. The molecule has 9 rings (SSSR count). The zero-order valence-electron chi connectivity index (χ0n) is 29.1. The lowest BCUT2D eigenvalue weighted by atomic mass is 9.50. The highest BCUT2D eigenvalue weighted by Crippen LogP contribution is 2.75. The maximum absolute atomic E-state index is 13.9. The average Bonchev–Trinajstić information content (AvgIpc) is 3.87. The molecule has 256 valence electrons. The van der Waals surface area contributed by atoms with Crippen LogP contribution in [-0.4, -0.2) is 49.7 Å². The van der Waals surface area contributed by atoms with Crippen LogP contribution in [-0.2, 0) is 21.4 Å². The Kier molecular flexibility index (Phi) is 7.59. The Morgan fingerprint density at radius 3 is 2.45 bits per heavy atom. The molecular weight excluding hydrogens is 608 g/mol. The standard InChI is InChI=1S/C43H50N2O4/c1-27-39-30(21-28-14-15-28)24-42(39)23-29-16-17-31(48-2)22-37(29)43(27,26-42)18-19-44-40(46)38-13-7-8-20-45(38)41(47)49-25-36-34-11-5-3-9-32(34)33-10-4-6-12-35(33)36/h3-6,9-12,16-17,22,27-28,30,36,38-39H,7-8,13-15,18-21,23-26H2,1-2H3,(H,44,46)/t27-,30?,38-,39+,42?,43+/m0/s1. The molecule has 6 atom stereocenters. The number of methoxy groups -OCH3 is 1. The number of nitrogens with one attached hydrogen (secondary N) is 1. The minimum Gasteiger partial charge on any atom is -0.497 e. The molecule has 2 amide bonds. The number of ether oxygens (including phenoxy) is 2. The van der Waals surface area contributed by atoms with E-state index in [0.29, 0.717) is 30.8 Å². The van der Waals surface area contributed by atoms with Crippen LogP contribution < -0.4 is 10.1 Å². The number of nitrogens with zero attached hydrogens (tertiary/aromatic N) is 1. The molecular formula is C43H50N2O4. The van der Waals surface area contributed by atoms with Gasteiger partial charge in [0.2, 0.25) is 5.91 Å². The zero-order valence-corrected chi connectivity index (χ0v) is 29.1. The van der Waals surface area contributed by atoms with Gasteiger partial charge in [-0.2, -0.15) is 0 Å². The number of carbonyl (C=O) groups is 2. The van der Waals surface area contributed by atoms with E-state index in [0.717, 1.165) is 42.8 Å². The van der Waals surface area contributed by atoms with Gasteiger partial charge in [0.1, 0.15) is 18.4 Å². The van der Waals surface area contributed by atoms with Crippen LogP contribution in [0.2, 0.25) is 0 Å². The first-order chi connectivity index (χ1) is 23.9. The number of rotatable bonds is 9. The Morgan fingerprint density at radius 1 is 0.959 bits per heavy atom. The van der Waals surface area contributed by atoms with Crippen LogP contribution in [0, 0.1) is 29.1 Å². The Morgan fingerprint density at radius 2 is 1.71 bits per heavy atom. The zero-order chi connectivity index (χ0) is 33.3. The second-order valence-corrected chi connectivity index (χ2v) is 16.4. The lowest BCUT2D eigenvalue weighted by molar-refractivity contribution is -0.127. The molecule has 1 aliphatic heterocycles. The van der Waals surface area contributed by atoms with Gasteiger partial charge >= 0.3 is 6.09 Å². The average molecular weight is 659 g/mol. The van der Waals surface area contributed by atoms with Gasteiger partial charge in [0, 0.05) is 24.4 Å². The van der Waals surface area contributed by atoms with Gasteiger partial charge in [0.05, 0.1) is 7.11 Å². The second-order valence-electron chi connectivity index (χ2n) is 16.4. The summed E-state index contributed by atoms with van der Waals surface area (Å²) in [6, 6.07) is 23.1. The van der Waals surface area contributed by atoms with Crippen molar-refractivity contribution in [2.75, 3.05) is 26.8 Å². The molecule has 6 aliphatic rings. The van der Waals surface area contributed by atoms with Gasteiger partial charge in [0.25, 0.3) is 0 Å². The fraction of sp³-hybridized carbons (Fsp3) is 0.535. The first-order valence-corrected chi connectivity index (χ1v) is 19.0. The molecule has 4 fully saturated rings. The van der Waals surface area contributed by atoms with E-state index in [2.05, 4.69) is 79.0 Å². The van der Waals surface area contributed by atoms with Crippen LogP contribution in [0.15, 0.2) is 66.7 Å². The summed E-state index contributed by atoms with van der Waals surface area (Å²) in [6.07, 6.45) is 11.1. The van der Waals surface area contributed by atoms with Gasteiger partial charge < -0.3 is 14.8 Å². The molecule has 0 radical (unpaired) electrons. The molecule has 3 aromatic carbocycles. The minimum atomic E-state index is -0.493. The fourth-order valence-electron chi connectivity index (χ4n) is 11.7. The molecule has 5 aliphatic carbocycles. The van der Waals surface area contributed by atoms with E-state index in [-0.39, 0.29) is 29.9 Å². The molecule has 49 heavy (non-hydrogen) atoms. The topological polar surface area (TPSA) is 67.9 Å². The third kappa shape index (κ3) is 5.02. The Balaban J connectivity index is 0.888. The van der Waals surface area contributed by atoms with E-state index in [1.807, 2.05) is 0 Å². The highest BCUT2D eigenvalue weighted by Gasteiger charge is 2.69. The Hall–Kier alpha value is -3.80. The van der Waals surface area contributed by atoms with E-state index < -0.39 is 6.04 Å². The molecule has 3 saturated carbocycles. The summed E-state index contributed by atoms with van der Waals surface area (Å²) < 4.78 is 11.8. The first kappa shape index (κ1) is 31.2. The molecule has 2 bridgehead atoms. The van der Waals surface area contributed by atoms with Crippen molar-refractivity contribution in [1.29, 1.82) is 0 Å². The first-order valence-electron chi connectivity index (χ1n) is 19.0. The van der Waals surface area contributed by atoms with Crippen LogP contribution in [0.5, 0.6) is 5.75 Å². The smallest absolute Gasteiger partial charge is 0.410 e. The van der Waals surface area contributed by atoms with E-state index in [1.165, 1.54) is 71.9 Å². The molecule has 0 aromatic heterocycles. The number of benzene rings is 3. The number of amides is 2. The lowest BCUT2D eigenvalue weighted by Gasteiger charge is -2.54. The number of carbonyl (C=O) groups excluding carboxylic acids is 2. The summed E-state index contributed by atoms with van der Waals surface area (Å²) >= 11 is 0. The van der Waals surface area contributed by atoms with Crippen molar-refractivity contribution >= 4 is 12.0 Å². The Labute approximate surface area is 290 Å². The number of piperidine rings is 1. The lowest BCUT2D eigenvalue weighted by Crippen LogP contribution is -2.52. The minimum absolute atomic E-state index is 0.000490. The molecule has 3 aromatic rings. The molecule has 2 unspecified atom stereocenters. The predicted octanol–water partition coefficient (Wildman–Crippen LogP) is 8.26. The van der Waals surface area contributed by atoms with Crippen LogP contribution >= 0.6 is 0 Å². The van der Waals surface area contributed by atoms with Crippen LogP contribution in [0.1, 0.15) is 92.9 Å². The SMILES string of the molecule is COc1ccc2c(c1)[C@]1(CCNC(=O)[C@@H]3CCCCN3C(=O)OCC3c4ccccc4-c4ccccc43)CC3(C2)CC(CC2CC2)[C@H]3[C@@H]1C. The molecule has 6 nitrogen and oxygen atoms in total. The van der Waals surface area contributed by atoms with Gasteiger partial charge in [0.15, 0.2) is 0 Å². The van der Waals surface area contributed by atoms with E-state index in [4.69, 9.17) is 9.47 Å². The van der Waals surface area contributed by atoms with Crippen molar-refractivity contribution in [2.24, 2.45) is 29.1 Å². The largest absolute Gasteiger partial charge is 0.497 e. The number of fused-ring (bicyclic) bond motifs is 6. The Bertz CT molecular complexity index is 1740. The third-order valence-electron chi connectivity index (χ3n) is 13.9. The van der Waals surface area contributed by atoms with Crippen molar-refractivity contribution in [3.8, 4) is 16.9 Å². The molecule has 1 saturated heterocycles. The summed E-state index contributed by atoms with van der Waals surface area (Å²) in [5.74, 6) is 4.04. The second kappa shape index (κ2) is 11.9. The number of hydrogen-bond donors (Lipinski definition) is 1. The number of likely N-dealkylation sites (tertiary alicyclic amines) is 1. The summed E-state index contributed by atoms with van der Waals surface area (Å²) in [5.41, 5.74) is 8.21. The van der Waals surface area contributed by atoms with Crippen LogP contribution in [0.4, 0.5) is 4.79 Å². The van der Waals surface area contributed by atoms with Gasteiger partial charge in [-0.05, 0) is 126 Å². The molecule has 6 heteroatoms. The summed E-state index contributed by atoms with van der Waals surface area (Å²) in [4.78, 5) is 29.3. The van der Waals surface area contributed by atoms with Gasteiger partial charge in [-0.3, -0.25) is 9.69 Å². The van der Waals surface area contributed by atoms with Gasteiger partial charge in [-0.1, -0.05) is 74.4 Å². The van der Waals surface area contributed by atoms with Gasteiger partial charge in [-0.15, -0.1) is 0 Å². The van der Waals surface area contributed by atoms with Crippen molar-refractivity contribution in [3.05, 3.63) is 89.0 Å². The number of hydrogen-bond acceptors (Lipinski definition) is 4. The van der Waals surface area contributed by atoms with E-state index >= 15 is 0 Å². The highest BCUT2D eigenvalue weighted by molar-refractivity contribution is 5.86. The van der Waals surface area contributed by atoms with E-state index in [9.17, 15) is 9.59 Å². The van der Waals surface area contributed by atoms with Crippen molar-refractivity contribution in [3.63, 3.8) is 0 Å². The molecule has 1 spiro atoms. The monoisotopic (exact) mass is 658 g/mol. The van der Waals surface area contributed by atoms with Crippen molar-refractivity contribution in [1.82, 2.24) is 10.2 Å². The fourth-order valence-corrected chi connectivity index (χ4v) is 11.7. The van der Waals surface area contributed by atoms with Crippen LogP contribution in [0.25, 0.3) is 11.1 Å². The molecule has 1 heterocycles.